The van der Waals surface area contributed by atoms with Crippen molar-refractivity contribution in [3.05, 3.63) is 59.7 Å². The van der Waals surface area contributed by atoms with Crippen LogP contribution in [0.2, 0.25) is 0 Å². The smallest absolute Gasteiger partial charge is 0.319 e. The SMILES string of the molecule is CCNC(=O)Nc1ccc(N(C)C)c(CN(C(=O)[C@@H](CC)c2ccccc2)[C@H](C)C(C)C)c1. The number of hydrogen-bond donors (Lipinski definition) is 2. The zero-order valence-corrected chi connectivity index (χ0v) is 21.2. The van der Waals surface area contributed by atoms with Crippen molar-refractivity contribution >= 4 is 23.3 Å². The Morgan fingerprint density at radius 2 is 1.64 bits per heavy atom. The van der Waals surface area contributed by atoms with Crippen LogP contribution in [0.1, 0.15) is 58.1 Å². The molecule has 3 amide bonds. The molecule has 0 aromatic heterocycles. The van der Waals surface area contributed by atoms with E-state index < -0.39 is 0 Å². The maximum atomic E-state index is 13.9. The van der Waals surface area contributed by atoms with Crippen molar-refractivity contribution in [1.82, 2.24) is 10.2 Å². The molecule has 2 atom stereocenters. The van der Waals surface area contributed by atoms with Crippen molar-refractivity contribution < 1.29 is 9.59 Å². The lowest BCUT2D eigenvalue weighted by Crippen LogP contribution is -2.43. The van der Waals surface area contributed by atoms with Gasteiger partial charge in [-0.05, 0) is 55.5 Å². The summed E-state index contributed by atoms with van der Waals surface area (Å²) in [5.41, 5.74) is 3.78. The van der Waals surface area contributed by atoms with Crippen LogP contribution in [-0.4, -0.2) is 43.5 Å². The number of hydrogen-bond acceptors (Lipinski definition) is 3. The van der Waals surface area contributed by atoms with Crippen molar-refractivity contribution in [2.75, 3.05) is 30.9 Å². The molecule has 6 nitrogen and oxygen atoms in total. The van der Waals surface area contributed by atoms with E-state index >= 15 is 0 Å². The minimum atomic E-state index is -0.236. The van der Waals surface area contributed by atoms with Gasteiger partial charge in [0.1, 0.15) is 0 Å². The zero-order chi connectivity index (χ0) is 24.5. The molecule has 6 heteroatoms. The highest BCUT2D eigenvalue weighted by Crippen LogP contribution is 2.30. The van der Waals surface area contributed by atoms with Crippen LogP contribution in [0.5, 0.6) is 0 Å². The summed E-state index contributed by atoms with van der Waals surface area (Å²) in [4.78, 5) is 30.0. The second kappa shape index (κ2) is 12.3. The van der Waals surface area contributed by atoms with Crippen LogP contribution in [0.25, 0.3) is 0 Å². The second-order valence-electron chi connectivity index (χ2n) is 9.04. The Bertz CT molecular complexity index is 912. The molecule has 2 aromatic rings. The molecule has 0 unspecified atom stereocenters. The van der Waals surface area contributed by atoms with Crippen LogP contribution in [0.15, 0.2) is 48.5 Å². The monoisotopic (exact) mass is 452 g/mol. The van der Waals surface area contributed by atoms with Crippen LogP contribution < -0.4 is 15.5 Å². The second-order valence-corrected chi connectivity index (χ2v) is 9.04. The van der Waals surface area contributed by atoms with E-state index in [0.29, 0.717) is 24.7 Å². The molecule has 2 rings (SSSR count). The molecule has 0 aliphatic carbocycles. The molecule has 2 aromatic carbocycles. The first-order valence-corrected chi connectivity index (χ1v) is 11.9. The summed E-state index contributed by atoms with van der Waals surface area (Å²) in [6.45, 7) is 11.4. The van der Waals surface area contributed by atoms with Crippen LogP contribution in [0.4, 0.5) is 16.2 Å². The molecule has 33 heavy (non-hydrogen) atoms. The summed E-state index contributed by atoms with van der Waals surface area (Å²) in [6, 6.07) is 15.7. The quantitative estimate of drug-likeness (QED) is 0.503. The fraction of sp³-hybridized carbons (Fsp3) is 0.481. The normalized spacial score (nSPS) is 12.7. The number of nitrogens with zero attached hydrogens (tertiary/aromatic N) is 2. The summed E-state index contributed by atoms with van der Waals surface area (Å²) < 4.78 is 0. The molecule has 0 saturated carbocycles. The third kappa shape index (κ3) is 6.98. The Hall–Kier alpha value is -3.02. The van der Waals surface area contributed by atoms with Crippen LogP contribution in [-0.2, 0) is 11.3 Å². The lowest BCUT2D eigenvalue weighted by atomic mass is 9.92. The first-order valence-electron chi connectivity index (χ1n) is 11.9. The van der Waals surface area contributed by atoms with Gasteiger partial charge in [-0.2, -0.15) is 0 Å². The fourth-order valence-electron chi connectivity index (χ4n) is 3.97. The molecule has 0 aliphatic heterocycles. The number of carbonyl (C=O) groups is 2. The Morgan fingerprint density at radius 1 is 0.970 bits per heavy atom. The van der Waals surface area contributed by atoms with Gasteiger partial charge in [-0.3, -0.25) is 4.79 Å². The third-order valence-electron chi connectivity index (χ3n) is 6.14. The van der Waals surface area contributed by atoms with Gasteiger partial charge in [0.2, 0.25) is 5.91 Å². The number of urea groups is 1. The van der Waals surface area contributed by atoms with Gasteiger partial charge in [-0.15, -0.1) is 0 Å². The number of nitrogens with one attached hydrogen (secondary N) is 2. The predicted molar refractivity (Wildman–Crippen MR) is 138 cm³/mol. The molecular formula is C27H40N4O2. The van der Waals surface area contributed by atoms with Gasteiger partial charge in [-0.1, -0.05) is 51.1 Å². The van der Waals surface area contributed by atoms with Crippen molar-refractivity contribution in [2.24, 2.45) is 5.92 Å². The van der Waals surface area contributed by atoms with Gasteiger partial charge < -0.3 is 20.4 Å². The van der Waals surface area contributed by atoms with E-state index in [4.69, 9.17) is 0 Å². The van der Waals surface area contributed by atoms with E-state index in [-0.39, 0.29) is 23.9 Å². The Labute approximate surface area is 199 Å². The first kappa shape index (κ1) is 26.2. The minimum absolute atomic E-state index is 0.0604. The molecule has 0 radical (unpaired) electrons. The van der Waals surface area contributed by atoms with Gasteiger partial charge in [0.15, 0.2) is 0 Å². The van der Waals surface area contributed by atoms with Gasteiger partial charge in [0.05, 0.1) is 5.92 Å². The molecule has 0 heterocycles. The van der Waals surface area contributed by atoms with Gasteiger partial charge in [0, 0.05) is 44.6 Å². The number of carbonyl (C=O) groups excluding carboxylic acids is 2. The summed E-state index contributed by atoms with van der Waals surface area (Å²) in [5, 5.41) is 5.65. The van der Waals surface area contributed by atoms with Crippen molar-refractivity contribution in [3.8, 4) is 0 Å². The number of amides is 3. The molecule has 0 saturated heterocycles. The third-order valence-corrected chi connectivity index (χ3v) is 6.14. The molecule has 0 aliphatic rings. The molecular weight excluding hydrogens is 412 g/mol. The maximum absolute atomic E-state index is 13.9. The Morgan fingerprint density at radius 3 is 2.18 bits per heavy atom. The topological polar surface area (TPSA) is 64.7 Å². The molecule has 0 fully saturated rings. The van der Waals surface area contributed by atoms with Gasteiger partial charge in [-0.25, -0.2) is 4.79 Å². The maximum Gasteiger partial charge on any atom is 0.319 e. The Balaban J connectivity index is 2.44. The van der Waals surface area contributed by atoms with Crippen molar-refractivity contribution in [1.29, 1.82) is 0 Å². The van der Waals surface area contributed by atoms with E-state index in [9.17, 15) is 9.59 Å². The lowest BCUT2D eigenvalue weighted by molar-refractivity contribution is -0.136. The summed E-state index contributed by atoms with van der Waals surface area (Å²) in [6.07, 6.45) is 0.740. The fourth-order valence-corrected chi connectivity index (χ4v) is 3.97. The standard InChI is InChI=1S/C27H40N4O2/c1-8-24(21-13-11-10-12-14-21)26(32)31(20(5)19(3)4)18-22-17-23(29-27(33)28-9-2)15-16-25(22)30(6)7/h10-17,19-20,24H,8-9,18H2,1-7H3,(H2,28,29,33)/t20-,24+/m1/s1. The minimum Gasteiger partial charge on any atom is -0.377 e. The zero-order valence-electron chi connectivity index (χ0n) is 21.2. The lowest BCUT2D eigenvalue weighted by Gasteiger charge is -2.36. The van der Waals surface area contributed by atoms with E-state index in [0.717, 1.165) is 23.2 Å². The Kier molecular flexibility index (Phi) is 9.76. The highest BCUT2D eigenvalue weighted by atomic mass is 16.2. The van der Waals surface area contributed by atoms with Crippen LogP contribution in [0.3, 0.4) is 0 Å². The highest BCUT2D eigenvalue weighted by Gasteiger charge is 2.30. The predicted octanol–water partition coefficient (Wildman–Crippen LogP) is 5.46. The average molecular weight is 453 g/mol. The molecule has 0 bridgehead atoms. The van der Waals surface area contributed by atoms with Crippen LogP contribution >= 0.6 is 0 Å². The van der Waals surface area contributed by atoms with Gasteiger partial charge in [0.25, 0.3) is 0 Å². The van der Waals surface area contributed by atoms with Crippen molar-refractivity contribution in [3.63, 3.8) is 0 Å². The van der Waals surface area contributed by atoms with Crippen molar-refractivity contribution in [2.45, 2.75) is 59.5 Å². The molecule has 2 N–H and O–H groups in total. The molecule has 0 spiro atoms. The highest BCUT2D eigenvalue weighted by molar-refractivity contribution is 5.90. The summed E-state index contributed by atoms with van der Waals surface area (Å²) in [5.74, 6) is 0.255. The van der Waals surface area contributed by atoms with E-state index in [1.807, 2.05) is 79.3 Å². The largest absolute Gasteiger partial charge is 0.377 e. The van der Waals surface area contributed by atoms with Gasteiger partial charge >= 0.3 is 6.03 Å². The summed E-state index contributed by atoms with van der Waals surface area (Å²) in [7, 11) is 3.99. The molecule has 180 valence electrons. The van der Waals surface area contributed by atoms with Crippen LogP contribution in [0, 0.1) is 5.92 Å². The number of benzene rings is 2. The van der Waals surface area contributed by atoms with E-state index in [1.165, 1.54) is 0 Å². The van der Waals surface area contributed by atoms with E-state index in [2.05, 4.69) is 38.3 Å². The first-order chi connectivity index (χ1) is 15.7. The summed E-state index contributed by atoms with van der Waals surface area (Å²) >= 11 is 0. The average Bonchev–Trinajstić information content (AvgIpc) is 2.78. The number of anilines is 2. The number of rotatable bonds is 10. The van der Waals surface area contributed by atoms with E-state index in [1.54, 1.807) is 0 Å².